The van der Waals surface area contributed by atoms with Crippen molar-refractivity contribution in [3.8, 4) is 11.1 Å². The first-order valence-electron chi connectivity index (χ1n) is 15.5. The zero-order valence-electron chi connectivity index (χ0n) is 27.4. The van der Waals surface area contributed by atoms with Gasteiger partial charge in [-0.3, -0.25) is 0 Å². The fourth-order valence-corrected chi connectivity index (χ4v) is 19.6. The minimum Gasteiger partial charge on any atom is -1.00 e. The van der Waals surface area contributed by atoms with Gasteiger partial charge < -0.3 is 24.8 Å². The molecule has 4 aromatic carbocycles. The van der Waals surface area contributed by atoms with Gasteiger partial charge in [-0.15, -0.1) is 0 Å². The quantitative estimate of drug-likeness (QED) is 0.244. The van der Waals surface area contributed by atoms with E-state index in [0.717, 1.165) is 12.8 Å². The van der Waals surface area contributed by atoms with Crippen molar-refractivity contribution in [1.82, 2.24) is 0 Å². The molecule has 0 saturated carbocycles. The van der Waals surface area contributed by atoms with Gasteiger partial charge in [0.25, 0.3) is 0 Å². The second kappa shape index (κ2) is 13.2. The maximum absolute atomic E-state index is 2.96. The maximum Gasteiger partial charge on any atom is -1.00 e. The van der Waals surface area contributed by atoms with Crippen molar-refractivity contribution in [2.45, 2.75) is 79.1 Å². The first-order valence-corrected chi connectivity index (χ1v) is 20.9. The monoisotopic (exact) mass is 786 g/mol. The Balaban J connectivity index is 0.00000221. The number of allylic oxidation sites excluding steroid dienone is 4. The summed E-state index contributed by atoms with van der Waals surface area (Å²) in [5.74, 6) is 0. The number of hydrogen-bond donors (Lipinski definition) is 0. The molecule has 0 N–H and O–H groups in total. The summed E-state index contributed by atoms with van der Waals surface area (Å²) in [7, 11) is 0. The number of benzene rings is 4. The van der Waals surface area contributed by atoms with Crippen molar-refractivity contribution in [1.29, 1.82) is 0 Å². The fourth-order valence-electron chi connectivity index (χ4n) is 7.28. The number of aryl methyl sites for hydroxylation is 1. The van der Waals surface area contributed by atoms with E-state index in [-0.39, 0.29) is 35.6 Å². The predicted molar refractivity (Wildman–Crippen MR) is 179 cm³/mol. The van der Waals surface area contributed by atoms with E-state index in [4.69, 9.17) is 0 Å². The Morgan fingerprint density at radius 2 is 1.23 bits per heavy atom. The molecule has 3 heteroatoms. The van der Waals surface area contributed by atoms with Crippen LogP contribution < -0.4 is 28.1 Å². The molecule has 44 heavy (non-hydrogen) atoms. The first kappa shape index (κ1) is 34.6. The zero-order valence-corrected chi connectivity index (χ0v) is 32.5. The van der Waals surface area contributed by atoms with Crippen LogP contribution in [0, 0.1) is 13.8 Å². The van der Waals surface area contributed by atoms with Crippen LogP contribution in [0.5, 0.6) is 0 Å². The summed E-state index contributed by atoms with van der Waals surface area (Å²) >= 11 is -2.96. The van der Waals surface area contributed by atoms with Crippen LogP contribution in [0.15, 0.2) is 100 Å². The average molecular weight is 786 g/mol. The smallest absolute Gasteiger partial charge is 1.00 e. The standard InChI is InChI=1S/C23H29.C13H10.C5H5.2ClH.Hf/c1-14-9-16-11-17-10-15(2)21(23(6,7)8)13-19(17)18(16)12-20(14)22(3,4)5;1-3-7-12(8-4-1)11-13-9-5-2-6-10-13;1-2-4-5-3-1;;;/h9,12-13H,11H2,1-8H3;1-10H;1-3H,4H2;2*1H;/q;;;;;+2/p-2. The Labute approximate surface area is 285 Å². The minimum absolute atomic E-state index is 0. The van der Waals surface area contributed by atoms with Gasteiger partial charge in [-0.25, -0.2) is 0 Å². The van der Waals surface area contributed by atoms with Crippen molar-refractivity contribution in [3.05, 3.63) is 145 Å². The Morgan fingerprint density at radius 3 is 1.73 bits per heavy atom. The molecule has 0 nitrogen and oxygen atoms in total. The summed E-state index contributed by atoms with van der Waals surface area (Å²) in [5.41, 5.74) is 15.0. The molecule has 0 spiro atoms. The third-order valence-electron chi connectivity index (χ3n) is 9.14. The van der Waals surface area contributed by atoms with Crippen LogP contribution >= 0.6 is 0 Å². The third kappa shape index (κ3) is 6.35. The van der Waals surface area contributed by atoms with E-state index in [2.05, 4.69) is 152 Å². The molecule has 0 aromatic heterocycles. The van der Waals surface area contributed by atoms with Gasteiger partial charge in [0.15, 0.2) is 0 Å². The fraction of sp³-hybridized carbons (Fsp3) is 0.293. The first-order chi connectivity index (χ1) is 19.9. The van der Waals surface area contributed by atoms with Crippen LogP contribution in [0.25, 0.3) is 11.1 Å². The van der Waals surface area contributed by atoms with Gasteiger partial charge in [0, 0.05) is 0 Å². The van der Waals surface area contributed by atoms with Gasteiger partial charge in [0.05, 0.1) is 0 Å². The number of halogens is 2. The molecule has 4 aromatic rings. The molecule has 0 amide bonds. The molecule has 0 saturated heterocycles. The molecule has 0 radical (unpaired) electrons. The molecule has 0 heterocycles. The van der Waals surface area contributed by atoms with Gasteiger partial charge in [-0.05, 0) is 0 Å². The molecule has 226 valence electrons. The number of rotatable bonds is 4. The molecule has 2 aliphatic rings. The summed E-state index contributed by atoms with van der Waals surface area (Å²) in [4.78, 5) is 0. The molecule has 0 aliphatic heterocycles. The van der Waals surface area contributed by atoms with Crippen molar-refractivity contribution < 1.29 is 45.8 Å². The van der Waals surface area contributed by atoms with Crippen LogP contribution in [0.3, 0.4) is 0 Å². The van der Waals surface area contributed by atoms with Crippen molar-refractivity contribution in [2.24, 2.45) is 0 Å². The number of hydrogen-bond acceptors (Lipinski definition) is 0. The molecular formula is C41H44Cl2Hf. The van der Waals surface area contributed by atoms with E-state index < -0.39 is 21.0 Å². The maximum atomic E-state index is 2.58. The zero-order chi connectivity index (χ0) is 29.8. The van der Waals surface area contributed by atoms with E-state index >= 15 is 0 Å². The SMILES string of the molecule is Cc1cc2c(cc1C(C)(C)C)-c1cc(C(C)(C)C)c(C)[c]([Hf+2]([C]3=CC=CC3)=[C](c3ccccc3)c3ccccc3)c1C2.[Cl-].[Cl-]. The topological polar surface area (TPSA) is 0 Å². The van der Waals surface area contributed by atoms with Crippen molar-refractivity contribution in [3.63, 3.8) is 0 Å². The summed E-state index contributed by atoms with van der Waals surface area (Å²) in [6.45, 7) is 19.0. The summed E-state index contributed by atoms with van der Waals surface area (Å²) in [6.07, 6.45) is 9.30. The van der Waals surface area contributed by atoms with Crippen LogP contribution in [0.2, 0.25) is 0 Å². The molecule has 0 fully saturated rings. The summed E-state index contributed by atoms with van der Waals surface area (Å²) in [6, 6.07) is 30.2. The molecule has 2 aliphatic carbocycles. The number of fused-ring (bicyclic) bond motifs is 3. The van der Waals surface area contributed by atoms with E-state index in [1.54, 1.807) is 21.0 Å². The average Bonchev–Trinajstić information content (AvgIpc) is 3.59. The Bertz CT molecular complexity index is 1740. The molecular weight excluding hydrogens is 742 g/mol. The second-order valence-corrected chi connectivity index (χ2v) is 22.9. The largest absolute Gasteiger partial charge is 1.00 e. The molecule has 0 unspecified atom stereocenters. The normalized spacial score (nSPS) is 13.2. The Kier molecular flexibility index (Phi) is 10.4. The summed E-state index contributed by atoms with van der Waals surface area (Å²) in [5, 5.41) is 0. The van der Waals surface area contributed by atoms with E-state index in [1.165, 1.54) is 44.5 Å². The van der Waals surface area contributed by atoms with Crippen molar-refractivity contribution >= 4 is 6.58 Å². The van der Waals surface area contributed by atoms with Gasteiger partial charge >= 0.3 is 263 Å². The predicted octanol–water partition coefficient (Wildman–Crippen LogP) is 3.83. The molecule has 0 bridgehead atoms. The minimum atomic E-state index is -2.96. The molecule has 6 rings (SSSR count). The van der Waals surface area contributed by atoms with Gasteiger partial charge in [0.1, 0.15) is 0 Å². The van der Waals surface area contributed by atoms with Crippen LogP contribution in [0.4, 0.5) is 0 Å². The Morgan fingerprint density at radius 1 is 0.682 bits per heavy atom. The van der Waals surface area contributed by atoms with Crippen LogP contribution in [0.1, 0.15) is 92.5 Å². The van der Waals surface area contributed by atoms with Crippen molar-refractivity contribution in [2.75, 3.05) is 0 Å². The van der Waals surface area contributed by atoms with Gasteiger partial charge in [-0.2, -0.15) is 0 Å². The van der Waals surface area contributed by atoms with Crippen LogP contribution in [-0.2, 0) is 38.2 Å². The van der Waals surface area contributed by atoms with E-state index in [0.29, 0.717) is 0 Å². The Hall–Kier alpha value is -2.32. The van der Waals surface area contributed by atoms with Gasteiger partial charge in [0.2, 0.25) is 0 Å². The van der Waals surface area contributed by atoms with E-state index in [1.807, 2.05) is 0 Å². The second-order valence-electron chi connectivity index (χ2n) is 14.3. The molecule has 0 atom stereocenters. The third-order valence-corrected chi connectivity index (χ3v) is 20.9. The summed E-state index contributed by atoms with van der Waals surface area (Å²) < 4.78 is 5.04. The van der Waals surface area contributed by atoms with E-state index in [9.17, 15) is 0 Å². The van der Waals surface area contributed by atoms with Crippen LogP contribution in [-0.4, -0.2) is 3.26 Å². The van der Waals surface area contributed by atoms with Gasteiger partial charge in [-0.1, -0.05) is 0 Å².